The standard InChI is InChI=1S/C19H20F4N4O/c1-11-2-4-14(8-13(11)10-26-25)27-18(28)15(6-7-24)12-3-5-17(20)16(9-12)19(21,22)23/h2-5,8-10,15H,6-7,24-25H2,1H3,(H,27,28)/b26-10-. The molecule has 150 valence electrons. The Balaban J connectivity index is 2.34. The van der Waals surface area contributed by atoms with Gasteiger partial charge >= 0.3 is 6.18 Å². The van der Waals surface area contributed by atoms with E-state index in [-0.39, 0.29) is 18.5 Å². The molecule has 0 aromatic heterocycles. The largest absolute Gasteiger partial charge is 0.419 e. The third-order valence-corrected chi connectivity index (χ3v) is 4.23. The second-order valence-electron chi connectivity index (χ2n) is 6.21. The van der Waals surface area contributed by atoms with E-state index in [2.05, 4.69) is 10.4 Å². The van der Waals surface area contributed by atoms with Crippen LogP contribution in [0.4, 0.5) is 23.2 Å². The number of rotatable bonds is 6. The molecule has 0 radical (unpaired) electrons. The lowest BCUT2D eigenvalue weighted by Gasteiger charge is -2.19. The maximum atomic E-state index is 13.5. The highest BCUT2D eigenvalue weighted by Crippen LogP contribution is 2.34. The van der Waals surface area contributed by atoms with Crippen molar-refractivity contribution in [3.8, 4) is 0 Å². The minimum atomic E-state index is -4.86. The molecule has 5 nitrogen and oxygen atoms in total. The van der Waals surface area contributed by atoms with Crippen LogP contribution >= 0.6 is 0 Å². The Labute approximate surface area is 159 Å². The summed E-state index contributed by atoms with van der Waals surface area (Å²) in [6, 6.07) is 7.53. The fourth-order valence-electron chi connectivity index (χ4n) is 2.76. The molecule has 1 atom stereocenters. The summed E-state index contributed by atoms with van der Waals surface area (Å²) >= 11 is 0. The van der Waals surface area contributed by atoms with Gasteiger partial charge in [0.05, 0.1) is 17.7 Å². The molecule has 0 bridgehead atoms. The lowest BCUT2D eigenvalue weighted by atomic mass is 9.92. The van der Waals surface area contributed by atoms with Gasteiger partial charge in [0, 0.05) is 5.69 Å². The van der Waals surface area contributed by atoms with Crippen molar-refractivity contribution in [2.24, 2.45) is 16.7 Å². The van der Waals surface area contributed by atoms with Crippen molar-refractivity contribution in [2.45, 2.75) is 25.4 Å². The number of amides is 1. The Bertz CT molecular complexity index is 881. The van der Waals surface area contributed by atoms with E-state index in [1.165, 1.54) is 6.21 Å². The summed E-state index contributed by atoms with van der Waals surface area (Å²) in [5, 5.41) is 6.10. The topological polar surface area (TPSA) is 93.5 Å². The van der Waals surface area contributed by atoms with Gasteiger partial charge in [-0.15, -0.1) is 0 Å². The van der Waals surface area contributed by atoms with Crippen molar-refractivity contribution in [2.75, 3.05) is 11.9 Å². The fourth-order valence-corrected chi connectivity index (χ4v) is 2.76. The normalized spacial score (nSPS) is 12.9. The Hall–Kier alpha value is -2.94. The van der Waals surface area contributed by atoms with Gasteiger partial charge in [-0.05, 0) is 60.8 Å². The Kier molecular flexibility index (Phi) is 6.74. The quantitative estimate of drug-likeness (QED) is 0.302. The first kappa shape index (κ1) is 21.4. The summed E-state index contributed by atoms with van der Waals surface area (Å²) in [5.74, 6) is 2.23. The highest BCUT2D eigenvalue weighted by molar-refractivity contribution is 5.97. The highest BCUT2D eigenvalue weighted by atomic mass is 19.4. The van der Waals surface area contributed by atoms with Crippen LogP contribution in [0.1, 0.15) is 34.6 Å². The van der Waals surface area contributed by atoms with Crippen LogP contribution in [0.15, 0.2) is 41.5 Å². The molecular formula is C19H20F4N4O. The van der Waals surface area contributed by atoms with Crippen molar-refractivity contribution in [1.82, 2.24) is 0 Å². The molecule has 2 aromatic rings. The first-order chi connectivity index (χ1) is 13.2. The van der Waals surface area contributed by atoms with Crippen molar-refractivity contribution in [3.05, 3.63) is 64.5 Å². The first-order valence-electron chi connectivity index (χ1n) is 8.39. The summed E-state index contributed by atoms with van der Waals surface area (Å²) in [6.45, 7) is 1.90. The molecule has 5 N–H and O–H groups in total. The Morgan fingerprint density at radius 1 is 1.25 bits per heavy atom. The number of alkyl halides is 3. The van der Waals surface area contributed by atoms with E-state index >= 15 is 0 Å². The molecule has 1 unspecified atom stereocenters. The molecule has 0 aliphatic heterocycles. The average molecular weight is 396 g/mol. The predicted octanol–water partition coefficient (Wildman–Crippen LogP) is 3.52. The van der Waals surface area contributed by atoms with Crippen LogP contribution in [0.5, 0.6) is 0 Å². The van der Waals surface area contributed by atoms with Crippen LogP contribution < -0.4 is 16.9 Å². The number of hydrogen-bond donors (Lipinski definition) is 3. The molecular weight excluding hydrogens is 376 g/mol. The summed E-state index contributed by atoms with van der Waals surface area (Å²) in [4.78, 5) is 12.7. The number of nitrogens with zero attached hydrogens (tertiary/aromatic N) is 1. The van der Waals surface area contributed by atoms with Crippen molar-refractivity contribution < 1.29 is 22.4 Å². The van der Waals surface area contributed by atoms with E-state index in [4.69, 9.17) is 11.6 Å². The van der Waals surface area contributed by atoms with E-state index in [9.17, 15) is 22.4 Å². The molecule has 0 heterocycles. The van der Waals surface area contributed by atoms with Gasteiger partial charge in [0.2, 0.25) is 5.91 Å². The number of carbonyl (C=O) groups excluding carboxylic acids is 1. The number of aryl methyl sites for hydroxylation is 1. The third kappa shape index (κ3) is 5.07. The van der Waals surface area contributed by atoms with Gasteiger partial charge in [0.15, 0.2) is 0 Å². The van der Waals surface area contributed by atoms with Crippen LogP contribution in [0, 0.1) is 12.7 Å². The van der Waals surface area contributed by atoms with E-state index in [0.29, 0.717) is 23.4 Å². The molecule has 0 saturated carbocycles. The Morgan fingerprint density at radius 2 is 1.96 bits per heavy atom. The van der Waals surface area contributed by atoms with E-state index in [0.717, 1.165) is 11.6 Å². The third-order valence-electron chi connectivity index (χ3n) is 4.23. The number of nitrogens with one attached hydrogen (secondary N) is 1. The number of benzene rings is 2. The summed E-state index contributed by atoms with van der Waals surface area (Å²) in [6.07, 6.45) is -3.35. The summed E-state index contributed by atoms with van der Waals surface area (Å²) in [5.41, 5.74) is 6.12. The zero-order chi connectivity index (χ0) is 20.9. The smallest absolute Gasteiger partial charge is 0.330 e. The van der Waals surface area contributed by atoms with Gasteiger partial charge in [-0.3, -0.25) is 4.79 Å². The lowest BCUT2D eigenvalue weighted by Crippen LogP contribution is -2.24. The number of hydrazone groups is 1. The molecule has 0 saturated heterocycles. The molecule has 28 heavy (non-hydrogen) atoms. The van der Waals surface area contributed by atoms with Crippen molar-refractivity contribution >= 4 is 17.8 Å². The minimum absolute atomic E-state index is 0.0348. The number of nitrogens with two attached hydrogens (primary N) is 2. The fraction of sp³-hybridized carbons (Fsp3) is 0.263. The van der Waals surface area contributed by atoms with Crippen LogP contribution in [0.3, 0.4) is 0 Å². The van der Waals surface area contributed by atoms with Crippen LogP contribution in [-0.4, -0.2) is 18.7 Å². The van der Waals surface area contributed by atoms with E-state index < -0.39 is 29.4 Å². The zero-order valence-electron chi connectivity index (χ0n) is 15.1. The van der Waals surface area contributed by atoms with Crippen LogP contribution in [0.2, 0.25) is 0 Å². The van der Waals surface area contributed by atoms with Gasteiger partial charge in [-0.25, -0.2) is 4.39 Å². The lowest BCUT2D eigenvalue weighted by molar-refractivity contribution is -0.140. The predicted molar refractivity (Wildman–Crippen MR) is 99.4 cm³/mol. The molecule has 0 aliphatic rings. The second-order valence-corrected chi connectivity index (χ2v) is 6.21. The van der Waals surface area contributed by atoms with Crippen LogP contribution in [0.25, 0.3) is 0 Å². The summed E-state index contributed by atoms with van der Waals surface area (Å²) < 4.78 is 52.5. The van der Waals surface area contributed by atoms with Gasteiger partial charge in [0.1, 0.15) is 5.82 Å². The molecule has 0 fully saturated rings. The average Bonchev–Trinajstić information content (AvgIpc) is 2.62. The maximum Gasteiger partial charge on any atom is 0.419 e. The van der Waals surface area contributed by atoms with Crippen molar-refractivity contribution in [1.29, 1.82) is 0 Å². The van der Waals surface area contributed by atoms with Gasteiger partial charge in [0.25, 0.3) is 0 Å². The highest BCUT2D eigenvalue weighted by Gasteiger charge is 2.35. The van der Waals surface area contributed by atoms with E-state index in [1.807, 2.05) is 6.92 Å². The van der Waals surface area contributed by atoms with Crippen molar-refractivity contribution in [3.63, 3.8) is 0 Å². The number of halogens is 4. The minimum Gasteiger partial charge on any atom is -0.330 e. The molecule has 2 aromatic carbocycles. The molecule has 0 spiro atoms. The monoisotopic (exact) mass is 396 g/mol. The van der Waals surface area contributed by atoms with Gasteiger partial charge in [-0.1, -0.05) is 12.1 Å². The second kappa shape index (κ2) is 8.83. The van der Waals surface area contributed by atoms with E-state index in [1.54, 1.807) is 18.2 Å². The number of carbonyl (C=O) groups is 1. The molecule has 0 aliphatic carbocycles. The number of hydrogen-bond acceptors (Lipinski definition) is 4. The zero-order valence-corrected chi connectivity index (χ0v) is 15.1. The SMILES string of the molecule is Cc1ccc(NC(=O)C(CCN)c2ccc(F)c(C(F)(F)F)c2)cc1/C=N\N. The van der Waals surface area contributed by atoms with Gasteiger partial charge in [-0.2, -0.15) is 18.3 Å². The first-order valence-corrected chi connectivity index (χ1v) is 8.39. The summed E-state index contributed by atoms with van der Waals surface area (Å²) in [7, 11) is 0. The van der Waals surface area contributed by atoms with Crippen LogP contribution in [-0.2, 0) is 11.0 Å². The Morgan fingerprint density at radius 3 is 2.57 bits per heavy atom. The van der Waals surface area contributed by atoms with Gasteiger partial charge < -0.3 is 16.9 Å². The number of anilines is 1. The molecule has 2 rings (SSSR count). The maximum absolute atomic E-state index is 13.5. The molecule has 9 heteroatoms. The molecule has 1 amide bonds.